The molecule has 0 radical (unpaired) electrons. The minimum absolute atomic E-state index is 0.00591. The number of ether oxygens (including phenoxy) is 2. The molecule has 1 aromatic heterocycles. The number of hydrogen-bond acceptors (Lipinski definition) is 6. The summed E-state index contributed by atoms with van der Waals surface area (Å²) < 4.78 is 38.2. The molecule has 3 rings (SSSR count). The lowest BCUT2D eigenvalue weighted by molar-refractivity contribution is 0.0597. The SMILES string of the molecule is COC(=O)c1cc(CNS(=O)(=O)c2ccc(C)c3ncccc23)ccc1OC. The minimum Gasteiger partial charge on any atom is -0.496 e. The predicted molar refractivity (Wildman–Crippen MR) is 105 cm³/mol. The van der Waals surface area contributed by atoms with E-state index in [1.54, 1.807) is 48.7 Å². The average Bonchev–Trinajstić information content (AvgIpc) is 2.71. The van der Waals surface area contributed by atoms with Gasteiger partial charge >= 0.3 is 5.97 Å². The van der Waals surface area contributed by atoms with Gasteiger partial charge in [-0.15, -0.1) is 0 Å². The summed E-state index contributed by atoms with van der Waals surface area (Å²) in [5.74, 6) is -0.203. The zero-order chi connectivity index (χ0) is 20.3. The average molecular weight is 400 g/mol. The maximum atomic E-state index is 12.9. The van der Waals surface area contributed by atoms with Crippen LogP contribution in [0.3, 0.4) is 0 Å². The highest BCUT2D eigenvalue weighted by Crippen LogP contribution is 2.25. The maximum Gasteiger partial charge on any atom is 0.341 e. The first-order valence-corrected chi connectivity index (χ1v) is 9.95. The van der Waals surface area contributed by atoms with Crippen molar-refractivity contribution in [3.63, 3.8) is 0 Å². The maximum absolute atomic E-state index is 12.9. The van der Waals surface area contributed by atoms with Gasteiger partial charge in [0.2, 0.25) is 10.0 Å². The van der Waals surface area contributed by atoms with Gasteiger partial charge in [0.1, 0.15) is 11.3 Å². The van der Waals surface area contributed by atoms with Crippen LogP contribution in [-0.2, 0) is 21.3 Å². The number of carbonyl (C=O) groups excluding carboxylic acids is 1. The molecule has 146 valence electrons. The fourth-order valence-electron chi connectivity index (χ4n) is 2.91. The molecular formula is C20H20N2O5S. The number of fused-ring (bicyclic) bond motifs is 1. The molecule has 0 saturated heterocycles. The van der Waals surface area contributed by atoms with Crippen LogP contribution in [0.1, 0.15) is 21.5 Å². The highest BCUT2D eigenvalue weighted by molar-refractivity contribution is 7.89. The van der Waals surface area contributed by atoms with E-state index >= 15 is 0 Å². The van der Waals surface area contributed by atoms with Crippen LogP contribution in [0.2, 0.25) is 0 Å². The summed E-state index contributed by atoms with van der Waals surface area (Å²) in [6.45, 7) is 1.89. The van der Waals surface area contributed by atoms with Crippen LogP contribution in [0.15, 0.2) is 53.6 Å². The van der Waals surface area contributed by atoms with Gasteiger partial charge in [0.25, 0.3) is 0 Å². The summed E-state index contributed by atoms with van der Waals surface area (Å²) in [4.78, 5) is 16.3. The van der Waals surface area contributed by atoms with Crippen molar-refractivity contribution in [1.29, 1.82) is 0 Å². The van der Waals surface area contributed by atoms with Gasteiger partial charge < -0.3 is 9.47 Å². The Morgan fingerprint density at radius 3 is 2.64 bits per heavy atom. The summed E-state index contributed by atoms with van der Waals surface area (Å²) in [5, 5.41) is 0.556. The molecule has 1 N–H and O–H groups in total. The van der Waals surface area contributed by atoms with Gasteiger partial charge in [-0.2, -0.15) is 0 Å². The lowest BCUT2D eigenvalue weighted by atomic mass is 10.1. The van der Waals surface area contributed by atoms with Gasteiger partial charge in [0.15, 0.2) is 0 Å². The first-order valence-electron chi connectivity index (χ1n) is 8.46. The summed E-state index contributed by atoms with van der Waals surface area (Å²) in [7, 11) is -1.08. The van der Waals surface area contributed by atoms with E-state index < -0.39 is 16.0 Å². The van der Waals surface area contributed by atoms with Gasteiger partial charge in [-0.1, -0.05) is 12.1 Å². The number of carbonyl (C=O) groups is 1. The van der Waals surface area contributed by atoms with Crippen molar-refractivity contribution in [2.75, 3.05) is 14.2 Å². The standard InChI is InChI=1S/C20H20N2O5S/c1-13-6-9-18(15-5-4-10-21-19(13)15)28(24,25)22-12-14-7-8-17(26-2)16(11-14)20(23)27-3/h4-11,22H,12H2,1-3H3. The molecular weight excluding hydrogens is 380 g/mol. The first kappa shape index (κ1) is 19.8. The van der Waals surface area contributed by atoms with Gasteiger partial charge in [-0.3, -0.25) is 4.98 Å². The highest BCUT2D eigenvalue weighted by atomic mass is 32.2. The topological polar surface area (TPSA) is 94.6 Å². The Balaban J connectivity index is 1.91. The molecule has 2 aromatic carbocycles. The third kappa shape index (κ3) is 3.83. The molecule has 0 fully saturated rings. The lowest BCUT2D eigenvalue weighted by Gasteiger charge is -2.12. The zero-order valence-corrected chi connectivity index (χ0v) is 16.5. The number of nitrogens with one attached hydrogen (secondary N) is 1. The molecule has 0 aliphatic heterocycles. The lowest BCUT2D eigenvalue weighted by Crippen LogP contribution is -2.23. The van der Waals surface area contributed by atoms with E-state index in [1.165, 1.54) is 14.2 Å². The van der Waals surface area contributed by atoms with E-state index in [9.17, 15) is 13.2 Å². The molecule has 0 aliphatic carbocycles. The van der Waals surface area contributed by atoms with E-state index in [0.717, 1.165) is 5.56 Å². The number of sulfonamides is 1. The number of nitrogens with zero attached hydrogens (tertiary/aromatic N) is 1. The number of rotatable bonds is 6. The molecule has 7 nitrogen and oxygen atoms in total. The summed E-state index contributed by atoms with van der Waals surface area (Å²) in [5.41, 5.74) is 2.36. The molecule has 3 aromatic rings. The smallest absolute Gasteiger partial charge is 0.341 e. The minimum atomic E-state index is -3.79. The predicted octanol–water partition coefficient (Wildman–Crippen LogP) is 2.82. The molecule has 0 unspecified atom stereocenters. The number of methoxy groups -OCH3 is 2. The Hall–Kier alpha value is -2.97. The van der Waals surface area contributed by atoms with Crippen molar-refractivity contribution < 1.29 is 22.7 Å². The largest absolute Gasteiger partial charge is 0.496 e. The number of pyridine rings is 1. The second-order valence-electron chi connectivity index (χ2n) is 6.13. The first-order chi connectivity index (χ1) is 13.4. The van der Waals surface area contributed by atoms with Crippen molar-refractivity contribution in [3.8, 4) is 5.75 Å². The third-order valence-electron chi connectivity index (χ3n) is 4.36. The molecule has 0 atom stereocenters. The summed E-state index contributed by atoms with van der Waals surface area (Å²) in [6.07, 6.45) is 1.63. The number of benzene rings is 2. The van der Waals surface area contributed by atoms with Crippen molar-refractivity contribution in [2.24, 2.45) is 0 Å². The molecule has 0 saturated carbocycles. The molecule has 1 heterocycles. The molecule has 28 heavy (non-hydrogen) atoms. The number of aryl methyl sites for hydroxylation is 1. The van der Waals surface area contributed by atoms with E-state index in [2.05, 4.69) is 9.71 Å². The highest BCUT2D eigenvalue weighted by Gasteiger charge is 2.19. The van der Waals surface area contributed by atoms with Gasteiger partial charge in [-0.05, 0) is 48.4 Å². The van der Waals surface area contributed by atoms with E-state index in [-0.39, 0.29) is 17.0 Å². The number of aromatic nitrogens is 1. The number of esters is 1. The van der Waals surface area contributed by atoms with Crippen LogP contribution in [-0.4, -0.2) is 33.6 Å². The van der Waals surface area contributed by atoms with Crippen LogP contribution >= 0.6 is 0 Å². The van der Waals surface area contributed by atoms with Crippen LogP contribution in [0, 0.1) is 6.92 Å². The second-order valence-corrected chi connectivity index (χ2v) is 7.87. The molecule has 0 aliphatic rings. The van der Waals surface area contributed by atoms with Crippen LogP contribution in [0.25, 0.3) is 10.9 Å². The fourth-order valence-corrected chi connectivity index (χ4v) is 4.13. The summed E-state index contributed by atoms with van der Waals surface area (Å²) in [6, 6.07) is 11.5. The Kier molecular flexibility index (Phi) is 5.62. The third-order valence-corrected chi connectivity index (χ3v) is 5.82. The van der Waals surface area contributed by atoms with E-state index in [1.807, 2.05) is 6.92 Å². The van der Waals surface area contributed by atoms with Crippen molar-refractivity contribution in [2.45, 2.75) is 18.4 Å². The molecule has 0 spiro atoms. The Bertz CT molecular complexity index is 1140. The van der Waals surface area contributed by atoms with Crippen molar-refractivity contribution >= 4 is 26.9 Å². The Labute approximate surface area is 163 Å². The van der Waals surface area contributed by atoms with Crippen molar-refractivity contribution in [3.05, 3.63) is 65.4 Å². The quantitative estimate of drug-likeness (QED) is 0.640. The molecule has 0 bridgehead atoms. The number of hydrogen-bond donors (Lipinski definition) is 1. The van der Waals surface area contributed by atoms with Crippen molar-refractivity contribution in [1.82, 2.24) is 9.71 Å². The Morgan fingerprint density at radius 2 is 1.93 bits per heavy atom. The molecule has 8 heteroatoms. The van der Waals surface area contributed by atoms with Crippen LogP contribution in [0.5, 0.6) is 5.75 Å². The Morgan fingerprint density at radius 1 is 1.14 bits per heavy atom. The van der Waals surface area contributed by atoms with Gasteiger partial charge in [0.05, 0.1) is 24.6 Å². The zero-order valence-electron chi connectivity index (χ0n) is 15.7. The normalized spacial score (nSPS) is 11.4. The van der Waals surface area contributed by atoms with Crippen LogP contribution in [0.4, 0.5) is 0 Å². The summed E-state index contributed by atoms with van der Waals surface area (Å²) >= 11 is 0. The van der Waals surface area contributed by atoms with E-state index in [4.69, 9.17) is 9.47 Å². The monoisotopic (exact) mass is 400 g/mol. The second kappa shape index (κ2) is 7.95. The van der Waals surface area contributed by atoms with E-state index in [0.29, 0.717) is 22.2 Å². The van der Waals surface area contributed by atoms with Crippen LogP contribution < -0.4 is 9.46 Å². The fraction of sp³-hybridized carbons (Fsp3) is 0.200. The molecule has 0 amide bonds. The van der Waals surface area contributed by atoms with Gasteiger partial charge in [-0.25, -0.2) is 17.9 Å². The van der Waals surface area contributed by atoms with Gasteiger partial charge in [0, 0.05) is 18.1 Å².